The largest absolute Gasteiger partial charge is 0.497 e. The highest BCUT2D eigenvalue weighted by Crippen LogP contribution is 2.22. The Balaban J connectivity index is 2.03. The Hall–Kier alpha value is -2.04. The van der Waals surface area contributed by atoms with Crippen molar-refractivity contribution in [3.8, 4) is 5.75 Å². The van der Waals surface area contributed by atoms with Gasteiger partial charge in [-0.05, 0) is 44.9 Å². The molecule has 1 heterocycles. The molecule has 0 spiro atoms. The molecule has 0 unspecified atom stereocenters. The molecule has 1 aliphatic rings. The molecule has 1 atom stereocenters. The fourth-order valence-corrected chi connectivity index (χ4v) is 2.66. The van der Waals surface area contributed by atoms with E-state index in [4.69, 9.17) is 9.47 Å². The molecule has 5 heteroatoms. The van der Waals surface area contributed by atoms with Crippen LogP contribution in [0, 0.1) is 5.92 Å². The zero-order valence-corrected chi connectivity index (χ0v) is 14.3. The van der Waals surface area contributed by atoms with Gasteiger partial charge < -0.3 is 14.4 Å². The van der Waals surface area contributed by atoms with E-state index in [1.165, 1.54) is 0 Å². The second-order valence-corrected chi connectivity index (χ2v) is 6.90. The standard InChI is InChI=1S/C18H25NO4/c1-18(2,3)23-17(21)19-9-8-16(20)14(12-19)10-13-6-5-7-15(11-13)22-4/h5-7,11,14H,8-10,12H2,1-4H3/t14-/m1/s1. The number of carbonyl (C=O) groups is 2. The van der Waals surface area contributed by atoms with E-state index in [1.54, 1.807) is 12.0 Å². The lowest BCUT2D eigenvalue weighted by molar-refractivity contribution is -0.125. The zero-order chi connectivity index (χ0) is 17.0. The Bertz CT molecular complexity index is 577. The number of hydrogen-bond acceptors (Lipinski definition) is 4. The molecule has 2 rings (SSSR count). The van der Waals surface area contributed by atoms with Crippen molar-refractivity contribution in [2.75, 3.05) is 20.2 Å². The first-order chi connectivity index (χ1) is 10.8. The van der Waals surface area contributed by atoms with Crippen LogP contribution in [0.4, 0.5) is 4.79 Å². The highest BCUT2D eigenvalue weighted by Gasteiger charge is 2.32. The maximum atomic E-state index is 12.2. The maximum Gasteiger partial charge on any atom is 0.410 e. The third-order valence-electron chi connectivity index (χ3n) is 3.79. The van der Waals surface area contributed by atoms with Gasteiger partial charge in [0.25, 0.3) is 0 Å². The Kier molecular flexibility index (Phi) is 5.29. The van der Waals surface area contributed by atoms with Crippen LogP contribution in [0.25, 0.3) is 0 Å². The third kappa shape index (κ3) is 4.98. The molecule has 126 valence electrons. The van der Waals surface area contributed by atoms with Crippen LogP contribution in [0.15, 0.2) is 24.3 Å². The number of rotatable bonds is 3. The van der Waals surface area contributed by atoms with E-state index in [0.29, 0.717) is 25.9 Å². The van der Waals surface area contributed by atoms with Crippen LogP contribution in [0.5, 0.6) is 5.75 Å². The SMILES string of the molecule is COc1cccc(C[C@@H]2CN(C(=O)OC(C)(C)C)CCC2=O)c1. The fourth-order valence-electron chi connectivity index (χ4n) is 2.66. The van der Waals surface area contributed by atoms with Gasteiger partial charge in [0.15, 0.2) is 0 Å². The lowest BCUT2D eigenvalue weighted by Gasteiger charge is -2.33. The summed E-state index contributed by atoms with van der Waals surface area (Å²) in [6, 6.07) is 7.69. The predicted molar refractivity (Wildman–Crippen MR) is 87.6 cm³/mol. The number of ketones is 1. The second-order valence-electron chi connectivity index (χ2n) is 6.90. The topological polar surface area (TPSA) is 55.8 Å². The molecule has 1 aliphatic heterocycles. The van der Waals surface area contributed by atoms with Crippen molar-refractivity contribution < 1.29 is 19.1 Å². The summed E-state index contributed by atoms with van der Waals surface area (Å²) in [5, 5.41) is 0. The van der Waals surface area contributed by atoms with Gasteiger partial charge in [0.05, 0.1) is 7.11 Å². The number of hydrogen-bond donors (Lipinski definition) is 0. The van der Waals surface area contributed by atoms with E-state index in [-0.39, 0.29) is 17.8 Å². The van der Waals surface area contributed by atoms with Crippen molar-refractivity contribution in [3.63, 3.8) is 0 Å². The lowest BCUT2D eigenvalue weighted by Crippen LogP contribution is -2.46. The number of ether oxygens (including phenoxy) is 2. The van der Waals surface area contributed by atoms with Crippen LogP contribution in [0.1, 0.15) is 32.8 Å². The molecule has 1 amide bonds. The number of benzene rings is 1. The van der Waals surface area contributed by atoms with Crippen molar-refractivity contribution in [1.29, 1.82) is 0 Å². The van der Waals surface area contributed by atoms with Gasteiger partial charge in [-0.1, -0.05) is 12.1 Å². The minimum atomic E-state index is -0.527. The Labute approximate surface area is 137 Å². The van der Waals surface area contributed by atoms with Crippen molar-refractivity contribution in [2.24, 2.45) is 5.92 Å². The van der Waals surface area contributed by atoms with Crippen LogP contribution in [-0.2, 0) is 16.0 Å². The van der Waals surface area contributed by atoms with Gasteiger partial charge in [0.1, 0.15) is 17.1 Å². The first-order valence-corrected chi connectivity index (χ1v) is 7.92. The Morgan fingerprint density at radius 1 is 1.35 bits per heavy atom. The van der Waals surface area contributed by atoms with Crippen molar-refractivity contribution in [1.82, 2.24) is 4.90 Å². The van der Waals surface area contributed by atoms with Gasteiger partial charge in [-0.25, -0.2) is 4.79 Å². The highest BCUT2D eigenvalue weighted by atomic mass is 16.6. The summed E-state index contributed by atoms with van der Waals surface area (Å²) < 4.78 is 10.6. The average Bonchev–Trinajstić information content (AvgIpc) is 2.48. The normalized spacial score (nSPS) is 18.7. The maximum absolute atomic E-state index is 12.2. The Morgan fingerprint density at radius 3 is 2.74 bits per heavy atom. The number of nitrogens with zero attached hydrogens (tertiary/aromatic N) is 1. The van der Waals surface area contributed by atoms with E-state index in [9.17, 15) is 9.59 Å². The van der Waals surface area contributed by atoms with Crippen molar-refractivity contribution in [3.05, 3.63) is 29.8 Å². The van der Waals surface area contributed by atoms with E-state index < -0.39 is 5.60 Å². The Morgan fingerprint density at radius 2 is 2.09 bits per heavy atom. The molecule has 0 aliphatic carbocycles. The molecule has 0 bridgehead atoms. The highest BCUT2D eigenvalue weighted by molar-refractivity contribution is 5.84. The molecule has 1 aromatic rings. The number of Topliss-reactive ketones (excluding diaryl/α,β-unsaturated/α-hetero) is 1. The monoisotopic (exact) mass is 319 g/mol. The summed E-state index contributed by atoms with van der Waals surface area (Å²) in [7, 11) is 1.62. The molecular formula is C18H25NO4. The minimum absolute atomic E-state index is 0.191. The summed E-state index contributed by atoms with van der Waals surface area (Å²) >= 11 is 0. The molecule has 0 radical (unpaired) electrons. The predicted octanol–water partition coefficient (Wildman–Crippen LogP) is 3.06. The van der Waals surface area contributed by atoms with E-state index in [2.05, 4.69) is 0 Å². The molecule has 1 aromatic carbocycles. The quantitative estimate of drug-likeness (QED) is 0.859. The molecule has 1 fully saturated rings. The smallest absolute Gasteiger partial charge is 0.410 e. The van der Waals surface area contributed by atoms with Crippen molar-refractivity contribution >= 4 is 11.9 Å². The molecule has 5 nitrogen and oxygen atoms in total. The van der Waals surface area contributed by atoms with E-state index in [1.807, 2.05) is 45.0 Å². The van der Waals surface area contributed by atoms with E-state index >= 15 is 0 Å². The minimum Gasteiger partial charge on any atom is -0.497 e. The summed E-state index contributed by atoms with van der Waals surface area (Å²) in [5.74, 6) is 0.783. The average molecular weight is 319 g/mol. The summed E-state index contributed by atoms with van der Waals surface area (Å²) in [6.45, 7) is 6.36. The van der Waals surface area contributed by atoms with Crippen LogP contribution >= 0.6 is 0 Å². The molecule has 0 saturated carbocycles. The molecular weight excluding hydrogens is 294 g/mol. The number of likely N-dealkylation sites (tertiary alicyclic amines) is 1. The molecule has 23 heavy (non-hydrogen) atoms. The molecule has 0 aromatic heterocycles. The summed E-state index contributed by atoms with van der Waals surface area (Å²) in [6.07, 6.45) is 0.643. The lowest BCUT2D eigenvalue weighted by atomic mass is 9.90. The number of amides is 1. The summed E-state index contributed by atoms with van der Waals surface area (Å²) in [5.41, 5.74) is 0.509. The first-order valence-electron chi connectivity index (χ1n) is 7.92. The van der Waals surface area contributed by atoms with Crippen LogP contribution in [-0.4, -0.2) is 42.6 Å². The zero-order valence-electron chi connectivity index (χ0n) is 14.3. The van der Waals surface area contributed by atoms with Crippen LogP contribution in [0.2, 0.25) is 0 Å². The number of methoxy groups -OCH3 is 1. The first kappa shape index (κ1) is 17.3. The number of piperidine rings is 1. The van der Waals surface area contributed by atoms with Gasteiger partial charge in [-0.3, -0.25) is 4.79 Å². The van der Waals surface area contributed by atoms with Crippen LogP contribution in [0.3, 0.4) is 0 Å². The second kappa shape index (κ2) is 7.02. The van der Waals surface area contributed by atoms with Gasteiger partial charge in [-0.2, -0.15) is 0 Å². The van der Waals surface area contributed by atoms with E-state index in [0.717, 1.165) is 11.3 Å². The third-order valence-corrected chi connectivity index (χ3v) is 3.79. The van der Waals surface area contributed by atoms with Gasteiger partial charge >= 0.3 is 6.09 Å². The molecule has 0 N–H and O–H groups in total. The van der Waals surface area contributed by atoms with Gasteiger partial charge in [0, 0.05) is 25.4 Å². The van der Waals surface area contributed by atoms with Crippen molar-refractivity contribution in [2.45, 2.75) is 39.2 Å². The van der Waals surface area contributed by atoms with Crippen LogP contribution < -0.4 is 4.74 Å². The molecule has 1 saturated heterocycles. The number of carbonyl (C=O) groups excluding carboxylic acids is 2. The fraction of sp³-hybridized carbons (Fsp3) is 0.556. The summed E-state index contributed by atoms with van der Waals surface area (Å²) in [4.78, 5) is 26.0. The van der Waals surface area contributed by atoms with Gasteiger partial charge in [0.2, 0.25) is 0 Å². The van der Waals surface area contributed by atoms with Gasteiger partial charge in [-0.15, -0.1) is 0 Å².